The number of amides is 2. The van der Waals surface area contributed by atoms with E-state index in [1.165, 1.54) is 0 Å². The predicted molar refractivity (Wildman–Crippen MR) is 73.3 cm³/mol. The molecular formula is C14H24N2O4. The summed E-state index contributed by atoms with van der Waals surface area (Å²) in [6.45, 7) is 5.84. The molecule has 20 heavy (non-hydrogen) atoms. The largest absolute Gasteiger partial charge is 0.481 e. The van der Waals surface area contributed by atoms with Crippen LogP contribution < -0.4 is 0 Å². The third kappa shape index (κ3) is 2.90. The van der Waals surface area contributed by atoms with Crippen molar-refractivity contribution in [2.75, 3.05) is 26.2 Å². The second-order valence-electron chi connectivity index (χ2n) is 6.41. The lowest BCUT2D eigenvalue weighted by Crippen LogP contribution is -2.53. The second kappa shape index (κ2) is 5.60. The minimum atomic E-state index is -0.778. The Bertz CT molecular complexity index is 391. The monoisotopic (exact) mass is 284 g/mol. The second-order valence-corrected chi connectivity index (χ2v) is 6.41. The predicted octanol–water partition coefficient (Wildman–Crippen LogP) is 0.996. The number of hydrogen-bond acceptors (Lipinski definition) is 3. The lowest BCUT2D eigenvalue weighted by atomic mass is 9.80. The van der Waals surface area contributed by atoms with Crippen LogP contribution in [0.1, 0.15) is 33.1 Å². The molecule has 2 rings (SSSR count). The van der Waals surface area contributed by atoms with Gasteiger partial charge in [0, 0.05) is 26.2 Å². The summed E-state index contributed by atoms with van der Waals surface area (Å²) in [6.07, 6.45) is 1.30. The minimum Gasteiger partial charge on any atom is -0.481 e. The van der Waals surface area contributed by atoms with E-state index in [2.05, 4.69) is 0 Å². The maximum Gasteiger partial charge on any atom is 0.320 e. The number of carboxylic acid groups (broad SMARTS) is 1. The third-order valence-corrected chi connectivity index (χ3v) is 4.78. The van der Waals surface area contributed by atoms with Gasteiger partial charge >= 0.3 is 12.0 Å². The van der Waals surface area contributed by atoms with Gasteiger partial charge in [-0.05, 0) is 32.1 Å². The molecule has 0 aromatic rings. The molecule has 0 aromatic carbocycles. The average Bonchev–Trinajstić information content (AvgIpc) is 2.42. The van der Waals surface area contributed by atoms with Crippen molar-refractivity contribution >= 4 is 12.0 Å². The maximum absolute atomic E-state index is 12.4. The molecule has 2 unspecified atom stereocenters. The highest BCUT2D eigenvalue weighted by molar-refractivity contribution is 5.77. The average molecular weight is 284 g/mol. The molecule has 0 saturated carbocycles. The molecule has 114 valence electrons. The van der Waals surface area contributed by atoms with E-state index in [0.29, 0.717) is 45.4 Å². The van der Waals surface area contributed by atoms with Gasteiger partial charge in [-0.2, -0.15) is 0 Å². The van der Waals surface area contributed by atoms with Crippen molar-refractivity contribution in [2.24, 2.45) is 11.3 Å². The summed E-state index contributed by atoms with van der Waals surface area (Å²) in [6, 6.07) is -0.0174. The van der Waals surface area contributed by atoms with Crippen LogP contribution in [0.5, 0.6) is 0 Å². The number of hydrogen-bond donors (Lipinski definition) is 2. The van der Waals surface area contributed by atoms with Crippen LogP contribution in [-0.4, -0.2) is 64.3 Å². The van der Waals surface area contributed by atoms with Crippen molar-refractivity contribution in [3.63, 3.8) is 0 Å². The number of urea groups is 1. The molecule has 2 N–H and O–H groups in total. The first kappa shape index (κ1) is 15.1. The number of carbonyl (C=O) groups excluding carboxylic acids is 1. The van der Waals surface area contributed by atoms with Crippen LogP contribution >= 0.6 is 0 Å². The summed E-state index contributed by atoms with van der Waals surface area (Å²) < 4.78 is 0. The van der Waals surface area contributed by atoms with Crippen LogP contribution in [0.3, 0.4) is 0 Å². The first-order chi connectivity index (χ1) is 9.33. The maximum atomic E-state index is 12.4. The Kier molecular flexibility index (Phi) is 4.22. The summed E-state index contributed by atoms with van der Waals surface area (Å²) in [5, 5.41) is 18.9. The van der Waals surface area contributed by atoms with Crippen LogP contribution in [0.2, 0.25) is 0 Å². The first-order valence-electron chi connectivity index (χ1n) is 7.29. The number of rotatable bonds is 1. The van der Waals surface area contributed by atoms with Crippen molar-refractivity contribution in [3.8, 4) is 0 Å². The van der Waals surface area contributed by atoms with Crippen LogP contribution in [0.15, 0.2) is 0 Å². The van der Waals surface area contributed by atoms with E-state index < -0.39 is 11.4 Å². The Morgan fingerprint density at radius 2 is 1.75 bits per heavy atom. The molecule has 2 atom stereocenters. The number of likely N-dealkylation sites (tertiary alicyclic amines) is 2. The van der Waals surface area contributed by atoms with Crippen LogP contribution in [0.4, 0.5) is 4.79 Å². The van der Waals surface area contributed by atoms with E-state index in [4.69, 9.17) is 0 Å². The molecule has 2 aliphatic heterocycles. The van der Waals surface area contributed by atoms with Crippen molar-refractivity contribution in [1.82, 2.24) is 9.80 Å². The van der Waals surface area contributed by atoms with Gasteiger partial charge in [-0.3, -0.25) is 4.79 Å². The van der Waals surface area contributed by atoms with E-state index >= 15 is 0 Å². The molecular weight excluding hydrogens is 260 g/mol. The van der Waals surface area contributed by atoms with Gasteiger partial charge in [-0.1, -0.05) is 6.92 Å². The minimum absolute atomic E-state index is 0.0174. The zero-order valence-corrected chi connectivity index (χ0v) is 12.2. The Balaban J connectivity index is 1.91. The van der Waals surface area contributed by atoms with Gasteiger partial charge in [0.05, 0.1) is 11.5 Å². The van der Waals surface area contributed by atoms with Crippen LogP contribution in [0.25, 0.3) is 0 Å². The van der Waals surface area contributed by atoms with Crippen molar-refractivity contribution in [2.45, 2.75) is 39.2 Å². The zero-order chi connectivity index (χ0) is 14.9. The van der Waals surface area contributed by atoms with Gasteiger partial charge < -0.3 is 20.0 Å². The number of aliphatic hydroxyl groups is 1. The molecule has 2 saturated heterocycles. The number of nitrogens with zero attached hydrogens (tertiary/aromatic N) is 2. The fourth-order valence-electron chi connectivity index (χ4n) is 2.91. The van der Waals surface area contributed by atoms with E-state index in [9.17, 15) is 19.8 Å². The smallest absolute Gasteiger partial charge is 0.320 e. The highest BCUT2D eigenvalue weighted by Gasteiger charge is 2.39. The highest BCUT2D eigenvalue weighted by Crippen LogP contribution is 2.31. The third-order valence-electron chi connectivity index (χ3n) is 4.78. The van der Waals surface area contributed by atoms with Gasteiger partial charge in [0.25, 0.3) is 0 Å². The molecule has 0 aliphatic carbocycles. The van der Waals surface area contributed by atoms with Crippen molar-refractivity contribution < 1.29 is 19.8 Å². The molecule has 6 nitrogen and oxygen atoms in total. The molecule has 2 aliphatic rings. The molecule has 0 radical (unpaired) electrons. The number of piperidine rings is 2. The summed E-state index contributed by atoms with van der Waals surface area (Å²) in [5.41, 5.74) is -0.706. The zero-order valence-electron chi connectivity index (χ0n) is 12.2. The van der Waals surface area contributed by atoms with Crippen molar-refractivity contribution in [1.29, 1.82) is 0 Å². The molecule has 2 amide bonds. The molecule has 6 heteroatoms. The Labute approximate surface area is 119 Å². The van der Waals surface area contributed by atoms with Gasteiger partial charge in [0.1, 0.15) is 0 Å². The lowest BCUT2D eigenvalue weighted by molar-refractivity contribution is -0.150. The standard InChI is InChI=1S/C14H24N2O4/c1-10-9-16(6-3-11(10)17)13(20)15-7-4-14(2,5-8-15)12(18)19/h10-11,17H,3-9H2,1-2H3,(H,18,19). The van der Waals surface area contributed by atoms with E-state index in [1.807, 2.05) is 6.92 Å². The molecule has 0 bridgehead atoms. The van der Waals surface area contributed by atoms with Gasteiger partial charge in [0.2, 0.25) is 0 Å². The number of aliphatic carboxylic acids is 1. The fourth-order valence-corrected chi connectivity index (χ4v) is 2.91. The fraction of sp³-hybridized carbons (Fsp3) is 0.857. The normalized spacial score (nSPS) is 30.1. The van der Waals surface area contributed by atoms with Gasteiger partial charge in [0.15, 0.2) is 0 Å². The SMILES string of the molecule is CC1CN(C(=O)N2CCC(C)(C(=O)O)CC2)CCC1O. The van der Waals surface area contributed by atoms with Gasteiger partial charge in [-0.15, -0.1) is 0 Å². The molecule has 2 fully saturated rings. The Morgan fingerprint density at radius 1 is 1.15 bits per heavy atom. The van der Waals surface area contributed by atoms with E-state index in [-0.39, 0.29) is 18.1 Å². The summed E-state index contributed by atoms with van der Waals surface area (Å²) in [7, 11) is 0. The van der Waals surface area contributed by atoms with E-state index in [1.54, 1.807) is 16.7 Å². The van der Waals surface area contributed by atoms with Crippen LogP contribution in [-0.2, 0) is 4.79 Å². The number of aliphatic hydroxyl groups excluding tert-OH is 1. The number of carboxylic acids is 1. The summed E-state index contributed by atoms with van der Waals surface area (Å²) >= 11 is 0. The quantitative estimate of drug-likeness (QED) is 0.752. The lowest BCUT2D eigenvalue weighted by Gasteiger charge is -2.41. The van der Waals surface area contributed by atoms with Crippen LogP contribution in [0, 0.1) is 11.3 Å². The van der Waals surface area contributed by atoms with Crippen molar-refractivity contribution in [3.05, 3.63) is 0 Å². The Hall–Kier alpha value is -1.30. The summed E-state index contributed by atoms with van der Waals surface area (Å²) in [5.74, 6) is -0.680. The topological polar surface area (TPSA) is 81.1 Å². The first-order valence-corrected chi connectivity index (χ1v) is 7.29. The molecule has 0 spiro atoms. The molecule has 2 heterocycles. The Morgan fingerprint density at radius 3 is 2.25 bits per heavy atom. The number of carbonyl (C=O) groups is 2. The summed E-state index contributed by atoms with van der Waals surface area (Å²) in [4.78, 5) is 27.1. The molecule has 0 aromatic heterocycles. The van der Waals surface area contributed by atoms with E-state index in [0.717, 1.165) is 0 Å². The highest BCUT2D eigenvalue weighted by atomic mass is 16.4. The van der Waals surface area contributed by atoms with Gasteiger partial charge in [-0.25, -0.2) is 4.79 Å².